The summed E-state index contributed by atoms with van der Waals surface area (Å²) in [5.41, 5.74) is 3.75. The Morgan fingerprint density at radius 1 is 1.24 bits per heavy atom. The van der Waals surface area contributed by atoms with E-state index in [0.717, 1.165) is 0 Å². The van der Waals surface area contributed by atoms with E-state index in [0.29, 0.717) is 22.4 Å². The number of carbonyl (C=O) groups excluding carboxylic acids is 1. The minimum atomic E-state index is -1.62. The number of halogens is 2. The smallest absolute Gasteiger partial charge is 0.411 e. The van der Waals surface area contributed by atoms with Crippen molar-refractivity contribution in [1.82, 2.24) is 5.32 Å². The molecule has 0 saturated heterocycles. The molecule has 0 aliphatic carbocycles. The molecule has 2 aromatic rings. The Morgan fingerprint density at radius 2 is 1.90 bits per heavy atom. The third-order valence-corrected chi connectivity index (χ3v) is 4.11. The summed E-state index contributed by atoms with van der Waals surface area (Å²) < 4.78 is 13.2. The molecule has 1 unspecified atom stereocenters. The third-order valence-electron chi connectivity index (χ3n) is 3.80. The highest BCUT2D eigenvalue weighted by atomic mass is 35.5. The number of benzene rings is 2. The predicted molar refractivity (Wildman–Crippen MR) is 103 cm³/mol. The quantitative estimate of drug-likeness (QED) is 0.506. The Morgan fingerprint density at radius 3 is 2.41 bits per heavy atom. The van der Waals surface area contributed by atoms with Crippen molar-refractivity contribution in [2.75, 3.05) is 5.43 Å². The van der Waals surface area contributed by atoms with Crippen molar-refractivity contribution in [3.05, 3.63) is 63.9 Å². The zero-order valence-electron chi connectivity index (χ0n) is 14.9. The molecule has 0 spiro atoms. The van der Waals surface area contributed by atoms with E-state index in [4.69, 9.17) is 22.0 Å². The van der Waals surface area contributed by atoms with E-state index >= 15 is 0 Å². The van der Waals surface area contributed by atoms with E-state index in [1.165, 1.54) is 41.7 Å². The van der Waals surface area contributed by atoms with Gasteiger partial charge in [0.05, 0.1) is 17.7 Å². The molecule has 3 N–H and O–H groups in total. The van der Waals surface area contributed by atoms with Crippen molar-refractivity contribution in [3.63, 3.8) is 0 Å². The average molecular weight is 414 g/mol. The molecule has 0 radical (unpaired) electrons. The number of carbonyl (C=O) groups is 2. The Labute approximate surface area is 169 Å². The van der Waals surface area contributed by atoms with Crippen LogP contribution in [0.15, 0.2) is 41.5 Å². The summed E-state index contributed by atoms with van der Waals surface area (Å²) in [6.07, 6.45) is -1.62. The molecule has 0 aromatic heterocycles. The molecular formula is C19H13ClFN5O3. The first-order chi connectivity index (χ1) is 13.8. The van der Waals surface area contributed by atoms with E-state index in [9.17, 15) is 19.2 Å². The first-order valence-electron chi connectivity index (χ1n) is 8.00. The van der Waals surface area contributed by atoms with Gasteiger partial charge in [0.1, 0.15) is 11.9 Å². The van der Waals surface area contributed by atoms with Gasteiger partial charge in [-0.15, -0.1) is 0 Å². The highest BCUT2D eigenvalue weighted by Gasteiger charge is 2.20. The van der Waals surface area contributed by atoms with Crippen molar-refractivity contribution >= 4 is 35.0 Å². The van der Waals surface area contributed by atoms with Gasteiger partial charge in [0.2, 0.25) is 5.71 Å². The van der Waals surface area contributed by atoms with Gasteiger partial charge in [-0.05, 0) is 47.9 Å². The number of nitrogens with one attached hydrogen (secondary N) is 2. The van der Waals surface area contributed by atoms with Crippen molar-refractivity contribution in [2.45, 2.75) is 12.8 Å². The van der Waals surface area contributed by atoms with Gasteiger partial charge < -0.3 is 5.11 Å². The number of nitrogens with zero attached hydrogens (tertiary/aromatic N) is 3. The molecule has 8 nitrogen and oxygen atoms in total. The maximum absolute atomic E-state index is 13.2. The van der Waals surface area contributed by atoms with Gasteiger partial charge in [-0.1, -0.05) is 23.7 Å². The van der Waals surface area contributed by atoms with Gasteiger partial charge in [-0.25, -0.2) is 9.18 Å². The lowest BCUT2D eigenvalue weighted by Crippen LogP contribution is -2.34. The maximum Gasteiger partial charge on any atom is 0.411 e. The van der Waals surface area contributed by atoms with Crippen LogP contribution >= 0.6 is 11.6 Å². The maximum atomic E-state index is 13.2. The summed E-state index contributed by atoms with van der Waals surface area (Å²) >= 11 is 6.33. The standard InChI is InChI=1S/C19H13ClFN5O3/c1-10-6-13(25-26-16(9-23)18(27)24-19(28)29)7-15(20)17(10)14(8-22)11-2-4-12(21)5-3-11/h2-7,14,25H,1H3,(H,24,27)(H,28,29). The van der Waals surface area contributed by atoms with Crippen LogP contribution in [0, 0.1) is 35.4 Å². The van der Waals surface area contributed by atoms with Crippen LogP contribution in [0.2, 0.25) is 5.02 Å². The third kappa shape index (κ3) is 5.28. The van der Waals surface area contributed by atoms with E-state index < -0.39 is 29.4 Å². The van der Waals surface area contributed by atoms with Crippen LogP contribution < -0.4 is 10.7 Å². The predicted octanol–water partition coefficient (Wildman–Crippen LogP) is 3.53. The Balaban J connectivity index is 2.33. The molecule has 29 heavy (non-hydrogen) atoms. The fourth-order valence-electron chi connectivity index (χ4n) is 2.55. The Kier molecular flexibility index (Phi) is 6.85. The second-order valence-corrected chi connectivity index (χ2v) is 6.15. The van der Waals surface area contributed by atoms with Crippen LogP contribution in [0.25, 0.3) is 0 Å². The second kappa shape index (κ2) is 9.31. The number of rotatable bonds is 5. The molecule has 0 fully saturated rings. The van der Waals surface area contributed by atoms with Crippen LogP contribution in [-0.2, 0) is 4.79 Å². The van der Waals surface area contributed by atoms with Crippen LogP contribution in [0.4, 0.5) is 14.9 Å². The molecule has 0 saturated carbocycles. The number of aryl methyl sites for hydroxylation is 1. The van der Waals surface area contributed by atoms with Crippen molar-refractivity contribution < 1.29 is 19.1 Å². The van der Waals surface area contributed by atoms with Gasteiger partial charge >= 0.3 is 6.09 Å². The Bertz CT molecular complexity index is 1050. The fourth-order valence-corrected chi connectivity index (χ4v) is 2.93. The average Bonchev–Trinajstić information content (AvgIpc) is 2.65. The lowest BCUT2D eigenvalue weighted by Gasteiger charge is -2.16. The lowest BCUT2D eigenvalue weighted by atomic mass is 9.89. The summed E-state index contributed by atoms with van der Waals surface area (Å²) in [4.78, 5) is 22.0. The topological polar surface area (TPSA) is 138 Å². The van der Waals surface area contributed by atoms with Gasteiger partial charge in [0, 0.05) is 5.02 Å². The Hall–Kier alpha value is -3.95. The molecule has 0 aliphatic rings. The highest BCUT2D eigenvalue weighted by molar-refractivity contribution is 6.46. The number of amides is 2. The number of nitriles is 2. The molecule has 10 heteroatoms. The SMILES string of the molecule is Cc1cc(NN=C(C#N)C(=O)NC(=O)O)cc(Cl)c1C(C#N)c1ccc(F)cc1. The zero-order valence-corrected chi connectivity index (χ0v) is 15.7. The van der Waals surface area contributed by atoms with Crippen LogP contribution in [0.3, 0.4) is 0 Å². The minimum absolute atomic E-state index is 0.215. The highest BCUT2D eigenvalue weighted by Crippen LogP contribution is 2.35. The van der Waals surface area contributed by atoms with Crippen LogP contribution in [0.5, 0.6) is 0 Å². The number of hydrogen-bond donors (Lipinski definition) is 3. The van der Waals surface area contributed by atoms with Crippen molar-refractivity contribution in [2.24, 2.45) is 5.10 Å². The van der Waals surface area contributed by atoms with Gasteiger partial charge in [-0.2, -0.15) is 15.6 Å². The molecule has 0 aliphatic heterocycles. The number of hydrazone groups is 1. The van der Waals surface area contributed by atoms with Crippen LogP contribution in [0.1, 0.15) is 22.6 Å². The van der Waals surface area contributed by atoms with Crippen molar-refractivity contribution in [1.29, 1.82) is 10.5 Å². The fraction of sp³-hybridized carbons (Fsp3) is 0.105. The lowest BCUT2D eigenvalue weighted by molar-refractivity contribution is -0.114. The number of carboxylic acid groups (broad SMARTS) is 1. The normalized spacial score (nSPS) is 11.7. The summed E-state index contributed by atoms with van der Waals surface area (Å²) in [5, 5.41) is 32.3. The second-order valence-electron chi connectivity index (χ2n) is 5.75. The number of hydrogen-bond acceptors (Lipinski definition) is 6. The molecule has 2 rings (SSSR count). The number of imide groups is 1. The van der Waals surface area contributed by atoms with E-state index in [1.807, 2.05) is 0 Å². The molecule has 2 aromatic carbocycles. The molecule has 0 heterocycles. The van der Waals surface area contributed by atoms with Gasteiger partial charge in [-0.3, -0.25) is 15.5 Å². The van der Waals surface area contributed by atoms with Crippen LogP contribution in [-0.4, -0.2) is 22.8 Å². The summed E-state index contributed by atoms with van der Waals surface area (Å²) in [6, 6.07) is 12.1. The van der Waals surface area contributed by atoms with E-state index in [1.54, 1.807) is 13.0 Å². The molecule has 0 bridgehead atoms. The zero-order chi connectivity index (χ0) is 21.6. The molecule has 2 amide bonds. The first-order valence-corrected chi connectivity index (χ1v) is 8.37. The molecule has 146 valence electrons. The number of anilines is 1. The first kappa shape index (κ1) is 21.4. The van der Waals surface area contributed by atoms with E-state index in [-0.39, 0.29) is 5.02 Å². The van der Waals surface area contributed by atoms with Gasteiger partial charge in [0.25, 0.3) is 5.91 Å². The monoisotopic (exact) mass is 413 g/mol. The molecular weight excluding hydrogens is 401 g/mol. The molecule has 1 atom stereocenters. The summed E-state index contributed by atoms with van der Waals surface area (Å²) in [5.74, 6) is -2.35. The minimum Gasteiger partial charge on any atom is -0.465 e. The summed E-state index contributed by atoms with van der Waals surface area (Å²) in [6.45, 7) is 1.70. The largest absolute Gasteiger partial charge is 0.465 e. The van der Waals surface area contributed by atoms with Gasteiger partial charge in [0.15, 0.2) is 0 Å². The van der Waals surface area contributed by atoms with Crippen molar-refractivity contribution in [3.8, 4) is 12.1 Å². The van der Waals surface area contributed by atoms with E-state index in [2.05, 4.69) is 16.6 Å². The summed E-state index contributed by atoms with van der Waals surface area (Å²) in [7, 11) is 0.